The molecular weight excluding hydrogens is 954 g/mol. The van der Waals surface area contributed by atoms with Gasteiger partial charge in [0.15, 0.2) is 5.75 Å². The standard InChI is InChI=1S/C27H23I4N3O5/c1-16-2-4-17(5-3-16)14-37-7-6-34-13-19(32-33-34)15-38-26-23(30)11-20(12-24(26)31)39-27-21(28)8-18(9-22(27)29)10-25(35)36/h2-5,8-9,11-13H,6-7,10,14-15H2,1H3,(H,35,36). The maximum absolute atomic E-state index is 11.1. The van der Waals surface area contributed by atoms with Crippen LogP contribution in [-0.2, 0) is 35.7 Å². The number of carbonyl (C=O) groups is 1. The minimum atomic E-state index is -0.861. The summed E-state index contributed by atoms with van der Waals surface area (Å²) in [5, 5.41) is 17.5. The van der Waals surface area contributed by atoms with Crippen molar-refractivity contribution < 1.29 is 24.1 Å². The Hall–Kier alpha value is -1.25. The molecule has 0 radical (unpaired) electrons. The van der Waals surface area contributed by atoms with E-state index in [0.717, 1.165) is 36.9 Å². The van der Waals surface area contributed by atoms with Crippen molar-refractivity contribution in [2.45, 2.75) is 33.1 Å². The number of aromatic nitrogens is 3. The summed E-state index contributed by atoms with van der Waals surface area (Å²) in [6.45, 7) is 4.06. The molecule has 0 saturated heterocycles. The smallest absolute Gasteiger partial charge is 0.307 e. The molecule has 0 atom stereocenters. The lowest BCUT2D eigenvalue weighted by Crippen LogP contribution is -2.06. The lowest BCUT2D eigenvalue weighted by atomic mass is 10.1. The predicted molar refractivity (Wildman–Crippen MR) is 180 cm³/mol. The second-order valence-corrected chi connectivity index (χ2v) is 13.2. The highest BCUT2D eigenvalue weighted by atomic mass is 127. The quantitative estimate of drug-likeness (QED) is 0.119. The van der Waals surface area contributed by atoms with E-state index >= 15 is 0 Å². The van der Waals surface area contributed by atoms with Crippen molar-refractivity contribution in [2.24, 2.45) is 0 Å². The summed E-state index contributed by atoms with van der Waals surface area (Å²) in [6, 6.07) is 15.8. The van der Waals surface area contributed by atoms with Gasteiger partial charge in [-0.3, -0.25) is 4.79 Å². The predicted octanol–water partition coefficient (Wildman–Crippen LogP) is 7.22. The third-order valence-electron chi connectivity index (χ3n) is 5.41. The highest BCUT2D eigenvalue weighted by Gasteiger charge is 2.15. The number of halogens is 4. The average molecular weight is 977 g/mol. The third-order valence-corrected chi connectivity index (χ3v) is 8.61. The molecule has 204 valence electrons. The fraction of sp³-hybridized carbons (Fsp3) is 0.222. The maximum Gasteiger partial charge on any atom is 0.307 e. The Morgan fingerprint density at radius 1 is 0.897 bits per heavy atom. The first-order valence-corrected chi connectivity index (χ1v) is 16.0. The zero-order valence-electron chi connectivity index (χ0n) is 20.7. The van der Waals surface area contributed by atoms with Crippen molar-refractivity contribution in [3.8, 4) is 17.2 Å². The van der Waals surface area contributed by atoms with Crippen LogP contribution in [0.15, 0.2) is 54.7 Å². The van der Waals surface area contributed by atoms with Gasteiger partial charge in [0.05, 0.1) is 46.7 Å². The lowest BCUT2D eigenvalue weighted by Gasteiger charge is -2.15. The van der Waals surface area contributed by atoms with Crippen LogP contribution in [0.4, 0.5) is 0 Å². The van der Waals surface area contributed by atoms with Gasteiger partial charge in [0.25, 0.3) is 0 Å². The van der Waals surface area contributed by atoms with Gasteiger partial charge in [0, 0.05) is 0 Å². The number of rotatable bonds is 12. The molecular formula is C27H23I4N3O5. The summed E-state index contributed by atoms with van der Waals surface area (Å²) < 4.78 is 23.3. The summed E-state index contributed by atoms with van der Waals surface area (Å²) in [7, 11) is 0. The van der Waals surface area contributed by atoms with E-state index in [1.165, 1.54) is 5.56 Å². The zero-order chi connectivity index (χ0) is 27.9. The molecule has 4 aromatic rings. The Kier molecular flexibility index (Phi) is 11.5. The molecule has 0 amide bonds. The van der Waals surface area contributed by atoms with Gasteiger partial charge >= 0.3 is 5.97 Å². The van der Waals surface area contributed by atoms with Gasteiger partial charge in [0.2, 0.25) is 0 Å². The maximum atomic E-state index is 11.1. The Bertz CT molecular complexity index is 1410. The normalized spacial score (nSPS) is 11.0. The van der Waals surface area contributed by atoms with Gasteiger partial charge in [-0.15, -0.1) is 5.10 Å². The molecule has 3 aromatic carbocycles. The molecule has 0 aliphatic rings. The number of nitrogens with zero attached hydrogens (tertiary/aromatic N) is 3. The van der Waals surface area contributed by atoms with Crippen LogP contribution in [0.1, 0.15) is 22.4 Å². The van der Waals surface area contributed by atoms with E-state index in [1.54, 1.807) is 4.68 Å². The van der Waals surface area contributed by atoms with Crippen molar-refractivity contribution in [1.29, 1.82) is 0 Å². The van der Waals surface area contributed by atoms with Crippen LogP contribution < -0.4 is 9.47 Å². The number of aliphatic carboxylic acids is 1. The minimum Gasteiger partial charge on any atom is -0.485 e. The van der Waals surface area contributed by atoms with E-state index in [4.69, 9.17) is 19.3 Å². The molecule has 12 heteroatoms. The average Bonchev–Trinajstić information content (AvgIpc) is 3.32. The molecule has 1 N–H and O–H groups in total. The van der Waals surface area contributed by atoms with Gasteiger partial charge in [0.1, 0.15) is 23.8 Å². The third kappa shape index (κ3) is 9.12. The number of ether oxygens (including phenoxy) is 3. The van der Waals surface area contributed by atoms with E-state index in [2.05, 4.69) is 132 Å². The van der Waals surface area contributed by atoms with Crippen LogP contribution in [0.5, 0.6) is 17.2 Å². The Morgan fingerprint density at radius 3 is 2.18 bits per heavy atom. The van der Waals surface area contributed by atoms with E-state index in [9.17, 15) is 4.79 Å². The van der Waals surface area contributed by atoms with Gasteiger partial charge in [-0.1, -0.05) is 35.0 Å². The monoisotopic (exact) mass is 977 g/mol. The van der Waals surface area contributed by atoms with Crippen LogP contribution in [0.2, 0.25) is 0 Å². The van der Waals surface area contributed by atoms with Crippen molar-refractivity contribution >= 4 is 96.3 Å². The summed E-state index contributed by atoms with van der Waals surface area (Å²) >= 11 is 8.80. The summed E-state index contributed by atoms with van der Waals surface area (Å²) in [5.41, 5.74) is 3.84. The van der Waals surface area contributed by atoms with E-state index in [0.29, 0.717) is 31.3 Å². The zero-order valence-corrected chi connectivity index (χ0v) is 29.3. The van der Waals surface area contributed by atoms with Crippen LogP contribution in [-0.4, -0.2) is 32.7 Å². The fourth-order valence-electron chi connectivity index (χ4n) is 3.53. The lowest BCUT2D eigenvalue weighted by molar-refractivity contribution is -0.136. The highest BCUT2D eigenvalue weighted by Crippen LogP contribution is 2.37. The second kappa shape index (κ2) is 14.6. The van der Waals surface area contributed by atoms with E-state index < -0.39 is 5.97 Å². The number of aryl methyl sites for hydroxylation is 1. The molecule has 0 unspecified atom stereocenters. The van der Waals surface area contributed by atoms with Gasteiger partial charge in [-0.05, 0) is 133 Å². The number of hydrogen-bond acceptors (Lipinski definition) is 6. The molecule has 1 heterocycles. The number of benzene rings is 3. The minimum absolute atomic E-state index is 0.0241. The fourth-order valence-corrected chi connectivity index (χ4v) is 7.67. The summed E-state index contributed by atoms with van der Waals surface area (Å²) in [6.07, 6.45) is 1.84. The Balaban J connectivity index is 1.31. The van der Waals surface area contributed by atoms with Crippen LogP contribution >= 0.6 is 90.4 Å². The van der Waals surface area contributed by atoms with Crippen LogP contribution in [0.3, 0.4) is 0 Å². The Labute approximate surface area is 280 Å². The molecule has 8 nitrogen and oxygen atoms in total. The molecule has 4 rings (SSSR count). The van der Waals surface area contributed by atoms with Crippen LogP contribution in [0, 0.1) is 21.2 Å². The number of carboxylic acids is 1. The molecule has 0 fully saturated rings. The first-order valence-electron chi connectivity index (χ1n) is 11.7. The van der Waals surface area contributed by atoms with Crippen molar-refractivity contribution in [3.63, 3.8) is 0 Å². The first kappa shape index (κ1) is 30.7. The second-order valence-electron chi connectivity index (χ2n) is 8.58. The summed E-state index contributed by atoms with van der Waals surface area (Å²) in [5.74, 6) is 1.26. The Morgan fingerprint density at radius 2 is 1.54 bits per heavy atom. The molecule has 0 aliphatic carbocycles. The van der Waals surface area contributed by atoms with Crippen molar-refractivity contribution in [2.75, 3.05) is 6.61 Å². The van der Waals surface area contributed by atoms with Crippen LogP contribution in [0.25, 0.3) is 0 Å². The molecule has 0 spiro atoms. The molecule has 39 heavy (non-hydrogen) atoms. The highest BCUT2D eigenvalue weighted by molar-refractivity contribution is 14.1. The topological polar surface area (TPSA) is 95.7 Å². The number of carboxylic acid groups (broad SMARTS) is 1. The van der Waals surface area contributed by atoms with Gasteiger partial charge < -0.3 is 19.3 Å². The van der Waals surface area contributed by atoms with Crippen molar-refractivity contribution in [1.82, 2.24) is 15.0 Å². The van der Waals surface area contributed by atoms with Crippen molar-refractivity contribution in [3.05, 3.63) is 91.4 Å². The molecule has 0 aliphatic heterocycles. The number of hydrogen-bond donors (Lipinski definition) is 1. The first-order chi connectivity index (χ1) is 18.7. The van der Waals surface area contributed by atoms with E-state index in [-0.39, 0.29) is 13.0 Å². The SMILES string of the molecule is Cc1ccc(COCCn2cc(COc3c(I)cc(Oc4c(I)cc(CC(=O)O)cc4I)cc3I)nn2)cc1. The molecule has 1 aromatic heterocycles. The molecule has 0 saturated carbocycles. The molecule has 0 bridgehead atoms. The largest absolute Gasteiger partial charge is 0.485 e. The van der Waals surface area contributed by atoms with Gasteiger partial charge in [-0.25, -0.2) is 4.68 Å². The summed E-state index contributed by atoms with van der Waals surface area (Å²) in [4.78, 5) is 11.1. The van der Waals surface area contributed by atoms with E-state index in [1.807, 2.05) is 30.5 Å². The van der Waals surface area contributed by atoms with Gasteiger partial charge in [-0.2, -0.15) is 0 Å².